The summed E-state index contributed by atoms with van der Waals surface area (Å²) in [6, 6.07) is 5.72. The Bertz CT molecular complexity index is 244. The number of carbonyl (C=O) groups is 1. The molecule has 82 valence electrons. The van der Waals surface area contributed by atoms with E-state index in [-0.39, 0.29) is 0 Å². The molecule has 1 N–H and O–H groups in total. The summed E-state index contributed by atoms with van der Waals surface area (Å²) in [7, 11) is 0. The van der Waals surface area contributed by atoms with Crippen molar-refractivity contribution in [2.75, 3.05) is 13.1 Å². The van der Waals surface area contributed by atoms with Crippen LogP contribution in [-0.4, -0.2) is 34.2 Å². The molecule has 1 aliphatic heterocycles. The molecule has 0 spiro atoms. The van der Waals surface area contributed by atoms with Gasteiger partial charge in [0.05, 0.1) is 0 Å². The van der Waals surface area contributed by atoms with Gasteiger partial charge in [-0.1, -0.05) is 6.07 Å². The summed E-state index contributed by atoms with van der Waals surface area (Å²) in [6.45, 7) is 1.46. The van der Waals surface area contributed by atoms with Gasteiger partial charge >= 0.3 is 6.09 Å². The zero-order valence-corrected chi connectivity index (χ0v) is 8.67. The number of piperidine rings is 1. The van der Waals surface area contributed by atoms with E-state index >= 15 is 0 Å². The first-order valence-electron chi connectivity index (χ1n) is 5.13. The molecule has 0 saturated carbocycles. The second-order valence-electron chi connectivity index (χ2n) is 3.35. The van der Waals surface area contributed by atoms with Crippen molar-refractivity contribution in [3.63, 3.8) is 0 Å². The Morgan fingerprint density at radius 2 is 1.67 bits per heavy atom. The van der Waals surface area contributed by atoms with Gasteiger partial charge in [-0.2, -0.15) is 0 Å². The molecular formula is C11H16N2O2. The predicted molar refractivity (Wildman–Crippen MR) is 57.7 cm³/mol. The largest absolute Gasteiger partial charge is 0.465 e. The van der Waals surface area contributed by atoms with Gasteiger partial charge in [-0.15, -0.1) is 0 Å². The maximum absolute atomic E-state index is 10.3. The molecule has 15 heavy (non-hydrogen) atoms. The number of pyridine rings is 1. The maximum Gasteiger partial charge on any atom is 0.407 e. The molecule has 4 heteroatoms. The fraction of sp³-hybridized carbons (Fsp3) is 0.455. The third-order valence-electron chi connectivity index (χ3n) is 2.19. The van der Waals surface area contributed by atoms with Gasteiger partial charge in [-0.05, 0) is 31.4 Å². The van der Waals surface area contributed by atoms with Crippen molar-refractivity contribution < 1.29 is 9.90 Å². The standard InChI is InChI=1S/C6H11NO2.C5H5N/c8-6(9)7-4-2-1-3-5-7;1-2-4-6-5-3-1/h1-5H2,(H,8,9);1-5H. The lowest BCUT2D eigenvalue weighted by Crippen LogP contribution is -2.34. The number of nitrogens with zero attached hydrogens (tertiary/aromatic N) is 2. The van der Waals surface area contributed by atoms with E-state index in [2.05, 4.69) is 4.98 Å². The molecule has 1 aromatic rings. The summed E-state index contributed by atoms with van der Waals surface area (Å²) in [5.74, 6) is 0. The van der Waals surface area contributed by atoms with Crippen LogP contribution >= 0.6 is 0 Å². The highest BCUT2D eigenvalue weighted by Gasteiger charge is 2.13. The number of aromatic nitrogens is 1. The highest BCUT2D eigenvalue weighted by atomic mass is 16.4. The molecule has 2 rings (SSSR count). The van der Waals surface area contributed by atoms with Gasteiger partial charge in [0, 0.05) is 25.5 Å². The fourth-order valence-corrected chi connectivity index (χ4v) is 1.40. The quantitative estimate of drug-likeness (QED) is 0.711. The highest BCUT2D eigenvalue weighted by Crippen LogP contribution is 2.07. The number of rotatable bonds is 0. The van der Waals surface area contributed by atoms with Crippen molar-refractivity contribution >= 4 is 6.09 Å². The summed E-state index contributed by atoms with van der Waals surface area (Å²) in [5.41, 5.74) is 0. The van der Waals surface area contributed by atoms with Crippen LogP contribution in [0.2, 0.25) is 0 Å². The van der Waals surface area contributed by atoms with Crippen molar-refractivity contribution in [2.24, 2.45) is 0 Å². The molecule has 1 saturated heterocycles. The average molecular weight is 208 g/mol. The molecule has 0 aromatic carbocycles. The van der Waals surface area contributed by atoms with Crippen molar-refractivity contribution in [1.82, 2.24) is 9.88 Å². The monoisotopic (exact) mass is 208 g/mol. The van der Waals surface area contributed by atoms with E-state index < -0.39 is 6.09 Å². The highest BCUT2D eigenvalue weighted by molar-refractivity contribution is 5.64. The first-order valence-corrected chi connectivity index (χ1v) is 5.13. The van der Waals surface area contributed by atoms with E-state index in [0.717, 1.165) is 25.9 Å². The Balaban J connectivity index is 0.000000162. The summed E-state index contributed by atoms with van der Waals surface area (Å²) in [5, 5.41) is 8.46. The topological polar surface area (TPSA) is 53.4 Å². The lowest BCUT2D eigenvalue weighted by atomic mass is 10.1. The molecule has 0 radical (unpaired) electrons. The van der Waals surface area contributed by atoms with Crippen LogP contribution in [0.4, 0.5) is 4.79 Å². The Hall–Kier alpha value is -1.58. The van der Waals surface area contributed by atoms with Crippen LogP contribution in [0.15, 0.2) is 30.6 Å². The van der Waals surface area contributed by atoms with Crippen molar-refractivity contribution in [3.8, 4) is 0 Å². The van der Waals surface area contributed by atoms with E-state index in [4.69, 9.17) is 5.11 Å². The minimum absolute atomic E-state index is 0.731. The second kappa shape index (κ2) is 6.81. The van der Waals surface area contributed by atoms with Crippen LogP contribution < -0.4 is 0 Å². The Morgan fingerprint density at radius 1 is 1.07 bits per heavy atom. The third kappa shape index (κ3) is 5.00. The molecular weight excluding hydrogens is 192 g/mol. The van der Waals surface area contributed by atoms with E-state index in [1.807, 2.05) is 18.2 Å². The SMILES string of the molecule is O=C(O)N1CCCCC1.c1ccncc1. The molecule has 2 heterocycles. The third-order valence-corrected chi connectivity index (χ3v) is 2.19. The molecule has 1 aromatic heterocycles. The van der Waals surface area contributed by atoms with Gasteiger partial charge in [0.2, 0.25) is 0 Å². The molecule has 0 atom stereocenters. The lowest BCUT2D eigenvalue weighted by molar-refractivity contribution is 0.136. The van der Waals surface area contributed by atoms with Crippen molar-refractivity contribution in [2.45, 2.75) is 19.3 Å². The average Bonchev–Trinajstić information content (AvgIpc) is 2.33. The van der Waals surface area contributed by atoms with Crippen LogP contribution in [0.3, 0.4) is 0 Å². The first-order chi connectivity index (χ1) is 7.30. The molecule has 1 amide bonds. The van der Waals surface area contributed by atoms with Gasteiger partial charge in [-0.25, -0.2) is 4.79 Å². The molecule has 0 bridgehead atoms. The summed E-state index contributed by atoms with van der Waals surface area (Å²) in [6.07, 6.45) is 5.98. The minimum Gasteiger partial charge on any atom is -0.465 e. The Kier molecular flexibility index (Phi) is 5.22. The zero-order chi connectivity index (χ0) is 10.9. The predicted octanol–water partition coefficient (Wildman–Crippen LogP) is 2.23. The second-order valence-corrected chi connectivity index (χ2v) is 3.35. The number of likely N-dealkylation sites (tertiary alicyclic amines) is 1. The van der Waals surface area contributed by atoms with Crippen molar-refractivity contribution in [3.05, 3.63) is 30.6 Å². The van der Waals surface area contributed by atoms with Crippen LogP contribution in [0.5, 0.6) is 0 Å². The number of carboxylic acid groups (broad SMARTS) is 1. The van der Waals surface area contributed by atoms with Crippen LogP contribution in [0.25, 0.3) is 0 Å². The Labute approximate surface area is 89.6 Å². The molecule has 1 fully saturated rings. The van der Waals surface area contributed by atoms with E-state index in [0.29, 0.717) is 0 Å². The molecule has 0 unspecified atom stereocenters. The maximum atomic E-state index is 10.3. The minimum atomic E-state index is -0.769. The summed E-state index contributed by atoms with van der Waals surface area (Å²) >= 11 is 0. The Morgan fingerprint density at radius 3 is 1.93 bits per heavy atom. The van der Waals surface area contributed by atoms with Crippen LogP contribution in [-0.2, 0) is 0 Å². The van der Waals surface area contributed by atoms with Crippen LogP contribution in [0, 0.1) is 0 Å². The molecule has 0 aliphatic carbocycles. The van der Waals surface area contributed by atoms with E-state index in [9.17, 15) is 4.79 Å². The van der Waals surface area contributed by atoms with Crippen LogP contribution in [0.1, 0.15) is 19.3 Å². The fourth-order valence-electron chi connectivity index (χ4n) is 1.40. The molecule has 4 nitrogen and oxygen atoms in total. The van der Waals surface area contributed by atoms with Gasteiger partial charge < -0.3 is 10.0 Å². The van der Waals surface area contributed by atoms with E-state index in [1.165, 1.54) is 11.3 Å². The van der Waals surface area contributed by atoms with E-state index in [1.54, 1.807) is 12.4 Å². The number of hydrogen-bond donors (Lipinski definition) is 1. The van der Waals surface area contributed by atoms with Gasteiger partial charge in [-0.3, -0.25) is 4.98 Å². The van der Waals surface area contributed by atoms with Gasteiger partial charge in [0.25, 0.3) is 0 Å². The summed E-state index contributed by atoms with van der Waals surface area (Å²) < 4.78 is 0. The smallest absolute Gasteiger partial charge is 0.407 e. The first kappa shape index (κ1) is 11.5. The lowest BCUT2D eigenvalue weighted by Gasteiger charge is -2.22. The van der Waals surface area contributed by atoms with Gasteiger partial charge in [0.15, 0.2) is 0 Å². The summed E-state index contributed by atoms with van der Waals surface area (Å²) in [4.78, 5) is 15.5. The molecule has 1 aliphatic rings. The zero-order valence-electron chi connectivity index (χ0n) is 8.67. The number of hydrogen-bond acceptors (Lipinski definition) is 2. The number of amides is 1. The van der Waals surface area contributed by atoms with Crippen molar-refractivity contribution in [1.29, 1.82) is 0 Å². The normalized spacial score (nSPS) is 15.1. The van der Waals surface area contributed by atoms with Gasteiger partial charge in [0.1, 0.15) is 0 Å².